The van der Waals surface area contributed by atoms with Crippen LogP contribution >= 0.6 is 0 Å². The summed E-state index contributed by atoms with van der Waals surface area (Å²) < 4.78 is 60.0. The van der Waals surface area contributed by atoms with E-state index in [1.807, 2.05) is 0 Å². The fourth-order valence-corrected chi connectivity index (χ4v) is 5.35. The standard InChI is InChI=1S/C41H62N2O11/c1-38(2)23-47-13-11-45-15-17-51-36-20-32(9-10-34(36)53-29-40(5,6)27-49-25-38)42-43-33-21-37-35(19-31(33)22-44)54-30-41(7,8)28-50-26-39(3,4)24-48-14-12-46-16-18-52-37/h9-10,19-22H,11-18,23-30H2,1-8H3. The summed E-state index contributed by atoms with van der Waals surface area (Å²) in [5.41, 5.74) is 0.259. The van der Waals surface area contributed by atoms with Gasteiger partial charge in [-0.1, -0.05) is 55.4 Å². The molecule has 2 aromatic carbocycles. The Bertz CT molecular complexity index is 1490. The third-order valence-electron chi connectivity index (χ3n) is 8.33. The molecule has 2 aromatic rings. The number of benzene rings is 2. The first kappa shape index (κ1) is 43.4. The smallest absolute Gasteiger partial charge is 0.163 e. The number of carbonyl (C=O) groups excluding carboxylic acids is 1. The molecule has 0 unspecified atom stereocenters. The van der Waals surface area contributed by atoms with Crippen molar-refractivity contribution < 1.29 is 52.2 Å². The Labute approximate surface area is 321 Å². The average molecular weight is 759 g/mol. The number of nitrogens with zero attached hydrogens (tertiary/aromatic N) is 2. The molecule has 302 valence electrons. The molecule has 2 aliphatic rings. The largest absolute Gasteiger partial charge is 0.489 e. The lowest BCUT2D eigenvalue weighted by atomic mass is 9.94. The highest BCUT2D eigenvalue weighted by Crippen LogP contribution is 2.38. The van der Waals surface area contributed by atoms with E-state index in [-0.39, 0.29) is 28.3 Å². The second-order valence-corrected chi connectivity index (χ2v) is 17.1. The van der Waals surface area contributed by atoms with E-state index in [1.54, 1.807) is 30.3 Å². The molecule has 0 amide bonds. The molecule has 0 fully saturated rings. The Kier molecular flexibility index (Phi) is 16.5. The summed E-state index contributed by atoms with van der Waals surface area (Å²) in [6.45, 7) is 23.9. The highest BCUT2D eigenvalue weighted by Gasteiger charge is 2.26. The van der Waals surface area contributed by atoms with Crippen LogP contribution in [0.3, 0.4) is 0 Å². The Morgan fingerprint density at radius 3 is 1.41 bits per heavy atom. The minimum atomic E-state index is -0.324. The van der Waals surface area contributed by atoms with Gasteiger partial charge < -0.3 is 47.4 Å². The molecule has 0 radical (unpaired) electrons. The van der Waals surface area contributed by atoms with Crippen molar-refractivity contribution in [1.82, 2.24) is 0 Å². The van der Waals surface area contributed by atoms with Crippen LogP contribution in [0.1, 0.15) is 65.7 Å². The van der Waals surface area contributed by atoms with Crippen molar-refractivity contribution in [3.05, 3.63) is 35.9 Å². The first-order valence-corrected chi connectivity index (χ1v) is 18.8. The summed E-state index contributed by atoms with van der Waals surface area (Å²) in [6, 6.07) is 8.62. The van der Waals surface area contributed by atoms with Crippen molar-refractivity contribution >= 4 is 17.7 Å². The van der Waals surface area contributed by atoms with Gasteiger partial charge >= 0.3 is 0 Å². The summed E-state index contributed by atoms with van der Waals surface area (Å²) in [5, 5.41) is 8.94. The third kappa shape index (κ3) is 15.4. The van der Waals surface area contributed by atoms with Crippen molar-refractivity contribution in [1.29, 1.82) is 0 Å². The second-order valence-electron chi connectivity index (χ2n) is 17.1. The number of ether oxygens (including phenoxy) is 10. The van der Waals surface area contributed by atoms with Crippen molar-refractivity contribution in [2.75, 3.05) is 106 Å². The van der Waals surface area contributed by atoms with Gasteiger partial charge in [0.2, 0.25) is 0 Å². The molecule has 2 aliphatic heterocycles. The first-order valence-electron chi connectivity index (χ1n) is 18.8. The molecule has 0 saturated carbocycles. The number of rotatable bonds is 3. The van der Waals surface area contributed by atoms with E-state index in [4.69, 9.17) is 47.4 Å². The van der Waals surface area contributed by atoms with Gasteiger partial charge in [-0.3, -0.25) is 4.79 Å². The van der Waals surface area contributed by atoms with Crippen LogP contribution in [0.2, 0.25) is 0 Å². The van der Waals surface area contributed by atoms with Crippen LogP contribution in [0.15, 0.2) is 40.6 Å². The van der Waals surface area contributed by atoms with Crippen LogP contribution in [-0.2, 0) is 28.4 Å². The van der Waals surface area contributed by atoms with Gasteiger partial charge in [0.05, 0.1) is 98.2 Å². The lowest BCUT2D eigenvalue weighted by molar-refractivity contribution is -0.0420. The molecule has 54 heavy (non-hydrogen) atoms. The Balaban J connectivity index is 1.53. The molecule has 0 saturated heterocycles. The van der Waals surface area contributed by atoms with Gasteiger partial charge in [0.25, 0.3) is 0 Å². The quantitative estimate of drug-likeness (QED) is 0.226. The van der Waals surface area contributed by atoms with Gasteiger partial charge in [0, 0.05) is 39.4 Å². The zero-order valence-electron chi connectivity index (χ0n) is 33.7. The molecule has 0 N–H and O–H groups in total. The Morgan fingerprint density at radius 2 is 0.870 bits per heavy atom. The highest BCUT2D eigenvalue weighted by molar-refractivity contribution is 5.84. The Morgan fingerprint density at radius 1 is 0.444 bits per heavy atom. The van der Waals surface area contributed by atoms with Gasteiger partial charge in [0.15, 0.2) is 29.3 Å². The maximum absolute atomic E-state index is 12.3. The lowest BCUT2D eigenvalue weighted by Gasteiger charge is -2.29. The van der Waals surface area contributed by atoms with E-state index >= 15 is 0 Å². The predicted molar refractivity (Wildman–Crippen MR) is 204 cm³/mol. The van der Waals surface area contributed by atoms with Gasteiger partial charge in [-0.2, -0.15) is 5.11 Å². The highest BCUT2D eigenvalue weighted by atomic mass is 16.6. The van der Waals surface area contributed by atoms with Gasteiger partial charge in [-0.15, -0.1) is 5.11 Å². The van der Waals surface area contributed by atoms with E-state index in [9.17, 15) is 4.79 Å². The predicted octanol–water partition coefficient (Wildman–Crippen LogP) is 7.66. The van der Waals surface area contributed by atoms with Crippen molar-refractivity contribution in [3.63, 3.8) is 0 Å². The number of carbonyl (C=O) groups is 1. The van der Waals surface area contributed by atoms with E-state index in [2.05, 4.69) is 65.6 Å². The fourth-order valence-electron chi connectivity index (χ4n) is 5.35. The van der Waals surface area contributed by atoms with Crippen molar-refractivity contribution in [2.45, 2.75) is 55.4 Å². The summed E-state index contributed by atoms with van der Waals surface area (Å²) in [4.78, 5) is 12.3. The number of fused-ring (bicyclic) bond motifs is 2. The zero-order chi connectivity index (χ0) is 39.1. The SMILES string of the molecule is CC1(C)COCCOCCOc2cc(N=Nc3cc4c(cc3C=O)OCC(C)(C)COCC(C)(C)COCCOCCO4)ccc2OCC(C)(C)COC1. The summed E-state index contributed by atoms with van der Waals surface area (Å²) in [6.07, 6.45) is 0.726. The van der Waals surface area contributed by atoms with Crippen LogP contribution in [-0.4, -0.2) is 112 Å². The van der Waals surface area contributed by atoms with Crippen LogP contribution in [0, 0.1) is 21.7 Å². The maximum atomic E-state index is 12.3. The summed E-state index contributed by atoms with van der Waals surface area (Å²) in [5.74, 6) is 1.89. The van der Waals surface area contributed by atoms with Gasteiger partial charge in [-0.05, 0) is 18.2 Å². The van der Waals surface area contributed by atoms with Crippen LogP contribution in [0.25, 0.3) is 0 Å². The number of aldehydes is 1. The summed E-state index contributed by atoms with van der Waals surface area (Å²) >= 11 is 0. The monoisotopic (exact) mass is 758 g/mol. The lowest BCUT2D eigenvalue weighted by Crippen LogP contribution is -2.32. The van der Waals surface area contributed by atoms with Crippen molar-refractivity contribution in [2.24, 2.45) is 31.9 Å². The minimum Gasteiger partial charge on any atom is -0.489 e. The zero-order valence-corrected chi connectivity index (χ0v) is 33.7. The first-order chi connectivity index (χ1) is 25.7. The van der Waals surface area contributed by atoms with E-state index in [0.29, 0.717) is 139 Å². The fraction of sp³-hybridized carbons (Fsp3) is 0.683. The van der Waals surface area contributed by atoms with E-state index in [1.165, 1.54) is 0 Å². The second kappa shape index (κ2) is 20.5. The maximum Gasteiger partial charge on any atom is 0.163 e. The molecule has 2 heterocycles. The molecule has 0 aliphatic carbocycles. The normalized spacial score (nSPS) is 22.4. The molecular weight excluding hydrogens is 696 g/mol. The van der Waals surface area contributed by atoms with Gasteiger partial charge in [-0.25, -0.2) is 0 Å². The molecule has 0 atom stereocenters. The number of hydrogen-bond donors (Lipinski definition) is 0. The van der Waals surface area contributed by atoms with Crippen LogP contribution in [0.5, 0.6) is 23.0 Å². The van der Waals surface area contributed by atoms with E-state index < -0.39 is 0 Å². The summed E-state index contributed by atoms with van der Waals surface area (Å²) in [7, 11) is 0. The molecule has 0 aromatic heterocycles. The molecule has 13 heteroatoms. The molecule has 0 bridgehead atoms. The third-order valence-corrected chi connectivity index (χ3v) is 8.33. The molecule has 13 nitrogen and oxygen atoms in total. The average Bonchev–Trinajstić information content (AvgIpc) is 3.11. The van der Waals surface area contributed by atoms with Gasteiger partial charge in [0.1, 0.15) is 18.9 Å². The molecule has 4 rings (SSSR count). The minimum absolute atomic E-state index is 0.123. The molecule has 0 spiro atoms. The van der Waals surface area contributed by atoms with Crippen LogP contribution in [0.4, 0.5) is 11.4 Å². The number of azo groups is 1. The molecular formula is C41H62N2O11. The number of hydrogen-bond acceptors (Lipinski definition) is 13. The van der Waals surface area contributed by atoms with Crippen molar-refractivity contribution in [3.8, 4) is 23.0 Å². The van der Waals surface area contributed by atoms with Crippen LogP contribution < -0.4 is 18.9 Å². The Hall–Kier alpha value is -3.33. The topological polar surface area (TPSA) is 134 Å². The van der Waals surface area contributed by atoms with E-state index in [0.717, 1.165) is 6.29 Å².